The van der Waals surface area contributed by atoms with Gasteiger partial charge in [-0.3, -0.25) is 9.79 Å². The van der Waals surface area contributed by atoms with Crippen molar-refractivity contribution >= 4 is 21.7 Å². The summed E-state index contributed by atoms with van der Waals surface area (Å²) in [5.74, 6) is -0.429. The summed E-state index contributed by atoms with van der Waals surface area (Å²) in [6, 6.07) is 9.60. The van der Waals surface area contributed by atoms with Crippen molar-refractivity contribution in [1.29, 1.82) is 0 Å². The van der Waals surface area contributed by atoms with Gasteiger partial charge in [0.1, 0.15) is 6.10 Å². The van der Waals surface area contributed by atoms with Crippen molar-refractivity contribution in [2.75, 3.05) is 20.2 Å². The Bertz CT molecular complexity index is 1340. The van der Waals surface area contributed by atoms with E-state index in [9.17, 15) is 22.0 Å². The first-order valence-electron chi connectivity index (χ1n) is 13.6. The van der Waals surface area contributed by atoms with Crippen molar-refractivity contribution in [3.8, 4) is 11.5 Å². The van der Waals surface area contributed by atoms with Crippen molar-refractivity contribution in [3.05, 3.63) is 53.1 Å². The molecule has 0 saturated heterocycles. The molecule has 1 heterocycles. The Kier molecular flexibility index (Phi) is 9.45. The summed E-state index contributed by atoms with van der Waals surface area (Å²) >= 11 is 0. The van der Waals surface area contributed by atoms with E-state index in [1.54, 1.807) is 30.3 Å². The van der Waals surface area contributed by atoms with E-state index in [2.05, 4.69) is 0 Å². The lowest BCUT2D eigenvalue weighted by molar-refractivity contribution is -0.148. The third kappa shape index (κ3) is 6.30. The smallest absolute Gasteiger partial charge is 0.387 e. The van der Waals surface area contributed by atoms with E-state index < -0.39 is 16.6 Å². The van der Waals surface area contributed by atoms with Gasteiger partial charge in [0.25, 0.3) is 0 Å². The summed E-state index contributed by atoms with van der Waals surface area (Å²) in [6.45, 7) is 3.07. The van der Waals surface area contributed by atoms with Gasteiger partial charge in [0.15, 0.2) is 11.5 Å². The lowest BCUT2D eigenvalue weighted by atomic mass is 9.74. The molecule has 3 unspecified atom stereocenters. The molecule has 0 N–H and O–H groups in total. The topological polar surface area (TPSA) is 94.5 Å². The standard InChI is InChI=1S/C29H36F2N2O6S/c1-5-13-33(14-6-2)40(35,36)21-10-7-19(8-11-21)28-24-17-27(39-29(30)31)26(37-4)16-22(24)23-15-20(38-18(3)34)9-12-25(23)32-28/h7-8,10-11,16-17,20,23,25,29H,5-6,9,12-15H2,1-4H3. The Balaban J connectivity index is 1.77. The summed E-state index contributed by atoms with van der Waals surface area (Å²) in [5, 5.41) is 0. The summed E-state index contributed by atoms with van der Waals surface area (Å²) in [5.41, 5.74) is 2.65. The van der Waals surface area contributed by atoms with Gasteiger partial charge in [-0.05, 0) is 61.9 Å². The lowest BCUT2D eigenvalue weighted by Crippen LogP contribution is -2.36. The first kappa shape index (κ1) is 29.9. The Morgan fingerprint density at radius 1 is 1.07 bits per heavy atom. The number of carbonyl (C=O) groups excluding carboxylic acids is 1. The average molecular weight is 579 g/mol. The van der Waals surface area contributed by atoms with E-state index in [1.165, 1.54) is 24.4 Å². The van der Waals surface area contributed by atoms with Crippen molar-refractivity contribution in [2.45, 2.75) is 82.4 Å². The molecular formula is C29H36F2N2O6S. The average Bonchev–Trinajstić information content (AvgIpc) is 2.91. The Hall–Kier alpha value is -3.05. The van der Waals surface area contributed by atoms with Gasteiger partial charge < -0.3 is 14.2 Å². The Morgan fingerprint density at radius 2 is 1.75 bits per heavy atom. The number of esters is 1. The molecule has 2 aromatic rings. The molecule has 1 aliphatic carbocycles. The van der Waals surface area contributed by atoms with Crippen LogP contribution in [0.3, 0.4) is 0 Å². The molecule has 0 aromatic heterocycles. The van der Waals surface area contributed by atoms with Gasteiger partial charge in [0.2, 0.25) is 10.0 Å². The van der Waals surface area contributed by atoms with Gasteiger partial charge in [-0.1, -0.05) is 26.0 Å². The van der Waals surface area contributed by atoms with E-state index in [1.807, 2.05) is 13.8 Å². The highest BCUT2D eigenvalue weighted by Gasteiger charge is 2.39. The SMILES string of the molecule is CCCN(CCC)S(=O)(=O)c1ccc(C2=NC3CCC(OC(C)=O)CC3c3cc(OC)c(OC(F)F)cc32)cc1. The van der Waals surface area contributed by atoms with Crippen LogP contribution >= 0.6 is 0 Å². The van der Waals surface area contributed by atoms with Crippen LogP contribution < -0.4 is 9.47 Å². The Labute approximate surface area is 234 Å². The number of rotatable bonds is 11. The highest BCUT2D eigenvalue weighted by atomic mass is 32.2. The molecule has 1 aliphatic heterocycles. The predicted molar refractivity (Wildman–Crippen MR) is 147 cm³/mol. The molecule has 1 fully saturated rings. The number of hydrogen-bond donors (Lipinski definition) is 0. The summed E-state index contributed by atoms with van der Waals surface area (Å²) in [4.78, 5) is 16.8. The van der Waals surface area contributed by atoms with E-state index in [0.717, 1.165) is 5.56 Å². The molecule has 0 amide bonds. The number of sulfonamides is 1. The molecular weight excluding hydrogens is 542 g/mol. The molecule has 4 rings (SSSR count). The second kappa shape index (κ2) is 12.6. The van der Waals surface area contributed by atoms with Crippen LogP contribution in [-0.2, 0) is 19.6 Å². The highest BCUT2D eigenvalue weighted by molar-refractivity contribution is 7.89. The van der Waals surface area contributed by atoms with E-state index in [0.29, 0.717) is 62.0 Å². The number of aliphatic imine (C=N–C) groups is 1. The zero-order valence-corrected chi connectivity index (χ0v) is 24.0. The fourth-order valence-corrected chi connectivity index (χ4v) is 7.26. The molecule has 3 atom stereocenters. The molecule has 8 nitrogen and oxygen atoms in total. The predicted octanol–water partition coefficient (Wildman–Crippen LogP) is 5.53. The second-order valence-electron chi connectivity index (χ2n) is 10.1. The normalized spacial score (nSPS) is 20.5. The van der Waals surface area contributed by atoms with Crippen molar-refractivity contribution in [3.63, 3.8) is 0 Å². The molecule has 2 aromatic carbocycles. The molecule has 0 radical (unpaired) electrons. The number of nitrogens with zero attached hydrogens (tertiary/aromatic N) is 2. The number of ether oxygens (including phenoxy) is 3. The summed E-state index contributed by atoms with van der Waals surface area (Å²) in [7, 11) is -2.28. The maximum Gasteiger partial charge on any atom is 0.387 e. The second-order valence-corrected chi connectivity index (χ2v) is 12.0. The maximum absolute atomic E-state index is 13.3. The first-order valence-corrected chi connectivity index (χ1v) is 15.1. The minimum absolute atomic E-state index is 0.122. The van der Waals surface area contributed by atoms with Crippen LogP contribution in [0.2, 0.25) is 0 Å². The van der Waals surface area contributed by atoms with E-state index >= 15 is 0 Å². The number of carbonyl (C=O) groups is 1. The number of methoxy groups -OCH3 is 1. The van der Waals surface area contributed by atoms with Crippen molar-refractivity contribution in [1.82, 2.24) is 4.31 Å². The van der Waals surface area contributed by atoms with Gasteiger partial charge in [0.05, 0.1) is 23.8 Å². The van der Waals surface area contributed by atoms with Gasteiger partial charge >= 0.3 is 12.6 Å². The highest BCUT2D eigenvalue weighted by Crippen LogP contribution is 2.45. The number of fused-ring (bicyclic) bond motifs is 3. The van der Waals surface area contributed by atoms with Gasteiger partial charge in [-0.2, -0.15) is 13.1 Å². The van der Waals surface area contributed by atoms with Crippen molar-refractivity contribution in [2.24, 2.45) is 4.99 Å². The van der Waals surface area contributed by atoms with Crippen LogP contribution in [0.4, 0.5) is 8.78 Å². The molecule has 218 valence electrons. The molecule has 2 aliphatic rings. The first-order chi connectivity index (χ1) is 19.1. The zero-order valence-electron chi connectivity index (χ0n) is 23.2. The zero-order chi connectivity index (χ0) is 29.0. The third-order valence-corrected chi connectivity index (χ3v) is 9.22. The number of halogens is 2. The Morgan fingerprint density at radius 3 is 2.33 bits per heavy atom. The third-order valence-electron chi connectivity index (χ3n) is 7.31. The fourth-order valence-electron chi connectivity index (χ4n) is 5.63. The van der Waals surface area contributed by atoms with Crippen molar-refractivity contribution < 1.29 is 36.2 Å². The van der Waals surface area contributed by atoms with Crippen LogP contribution in [0.5, 0.6) is 11.5 Å². The van der Waals surface area contributed by atoms with Gasteiger partial charge in [-0.15, -0.1) is 0 Å². The number of hydrogen-bond acceptors (Lipinski definition) is 7. The molecule has 1 saturated carbocycles. The molecule has 0 spiro atoms. The van der Waals surface area contributed by atoms with Crippen LogP contribution in [0.25, 0.3) is 0 Å². The maximum atomic E-state index is 13.3. The number of alkyl halides is 2. The summed E-state index contributed by atoms with van der Waals surface area (Å²) < 4.78 is 70.2. The minimum Gasteiger partial charge on any atom is -0.493 e. The van der Waals surface area contributed by atoms with Crippen LogP contribution in [-0.4, -0.2) is 63.4 Å². The quantitative estimate of drug-likeness (QED) is 0.326. The van der Waals surface area contributed by atoms with Gasteiger partial charge in [-0.25, -0.2) is 8.42 Å². The fraction of sp³-hybridized carbons (Fsp3) is 0.517. The van der Waals surface area contributed by atoms with Crippen LogP contribution in [0, 0.1) is 0 Å². The van der Waals surface area contributed by atoms with E-state index in [4.69, 9.17) is 19.2 Å². The van der Waals surface area contributed by atoms with Crippen LogP contribution in [0.15, 0.2) is 46.3 Å². The molecule has 40 heavy (non-hydrogen) atoms. The minimum atomic E-state index is -3.67. The largest absolute Gasteiger partial charge is 0.493 e. The molecule has 11 heteroatoms. The van der Waals surface area contributed by atoms with Crippen LogP contribution in [0.1, 0.15) is 75.5 Å². The van der Waals surface area contributed by atoms with Gasteiger partial charge in [0, 0.05) is 37.1 Å². The van der Waals surface area contributed by atoms with E-state index in [-0.39, 0.29) is 40.4 Å². The lowest BCUT2D eigenvalue weighted by Gasteiger charge is -2.38. The monoisotopic (exact) mass is 578 g/mol. The number of benzene rings is 2. The summed E-state index contributed by atoms with van der Waals surface area (Å²) in [6.07, 6.45) is 2.99. The molecule has 0 bridgehead atoms.